The Hall–Kier alpha value is -4.33. The third-order valence-electron chi connectivity index (χ3n) is 6.34. The smallest absolute Gasteiger partial charge is 0.259 e. The first-order valence-corrected chi connectivity index (χ1v) is 12.2. The van der Waals surface area contributed by atoms with E-state index < -0.39 is 0 Å². The highest BCUT2D eigenvalue weighted by Crippen LogP contribution is 2.25. The number of para-hydroxylation sites is 1. The maximum absolute atomic E-state index is 13.7. The average molecular weight is 484 g/mol. The number of nitrogens with zero attached hydrogens (tertiary/aromatic N) is 4. The van der Waals surface area contributed by atoms with Gasteiger partial charge in [-0.1, -0.05) is 18.2 Å². The maximum atomic E-state index is 13.7. The molecule has 8 nitrogen and oxygen atoms in total. The van der Waals surface area contributed by atoms with Gasteiger partial charge >= 0.3 is 0 Å². The summed E-state index contributed by atoms with van der Waals surface area (Å²) >= 11 is 0. The van der Waals surface area contributed by atoms with E-state index in [0.717, 1.165) is 24.3 Å². The van der Waals surface area contributed by atoms with Crippen molar-refractivity contribution >= 4 is 17.5 Å². The lowest BCUT2D eigenvalue weighted by Gasteiger charge is -2.32. The minimum Gasteiger partial charge on any atom is -0.494 e. The third-order valence-corrected chi connectivity index (χ3v) is 6.34. The van der Waals surface area contributed by atoms with Crippen molar-refractivity contribution in [1.82, 2.24) is 19.2 Å². The van der Waals surface area contributed by atoms with Gasteiger partial charge in [-0.3, -0.25) is 9.59 Å². The highest BCUT2D eigenvalue weighted by molar-refractivity contribution is 5.98. The van der Waals surface area contributed by atoms with Crippen LogP contribution in [0.25, 0.3) is 11.5 Å². The highest BCUT2D eigenvalue weighted by atomic mass is 16.5. The van der Waals surface area contributed by atoms with Crippen LogP contribution in [0, 0.1) is 5.92 Å². The number of nitrogens with one attached hydrogen (secondary N) is 1. The Bertz CT molecular complexity index is 1310. The van der Waals surface area contributed by atoms with Crippen LogP contribution < -0.4 is 10.1 Å². The molecule has 3 heterocycles. The summed E-state index contributed by atoms with van der Waals surface area (Å²) in [4.78, 5) is 28.5. The van der Waals surface area contributed by atoms with Gasteiger partial charge in [0.25, 0.3) is 5.91 Å². The number of hydrogen-bond acceptors (Lipinski definition) is 4. The number of likely N-dealkylation sites (tertiary alicyclic amines) is 1. The molecule has 184 valence electrons. The second-order valence-electron chi connectivity index (χ2n) is 8.76. The predicted octanol–water partition coefficient (Wildman–Crippen LogP) is 4.55. The van der Waals surface area contributed by atoms with Crippen LogP contribution in [0.4, 0.5) is 5.69 Å². The van der Waals surface area contributed by atoms with Gasteiger partial charge < -0.3 is 19.5 Å². The van der Waals surface area contributed by atoms with Gasteiger partial charge in [0.1, 0.15) is 11.3 Å². The summed E-state index contributed by atoms with van der Waals surface area (Å²) in [6.45, 7) is 3.49. The molecule has 36 heavy (non-hydrogen) atoms. The zero-order valence-corrected chi connectivity index (χ0v) is 20.2. The van der Waals surface area contributed by atoms with Crippen molar-refractivity contribution in [2.45, 2.75) is 19.8 Å². The number of ether oxygens (including phenoxy) is 1. The fourth-order valence-electron chi connectivity index (χ4n) is 4.57. The van der Waals surface area contributed by atoms with Gasteiger partial charge in [-0.2, -0.15) is 5.10 Å². The van der Waals surface area contributed by atoms with E-state index in [-0.39, 0.29) is 17.7 Å². The van der Waals surface area contributed by atoms with Crippen molar-refractivity contribution in [3.8, 4) is 17.3 Å². The van der Waals surface area contributed by atoms with E-state index in [1.165, 1.54) is 0 Å². The lowest BCUT2D eigenvalue weighted by molar-refractivity contribution is -0.121. The molecular weight excluding hydrogens is 454 g/mol. The maximum Gasteiger partial charge on any atom is 0.259 e. The highest BCUT2D eigenvalue weighted by Gasteiger charge is 2.31. The molecule has 2 amide bonds. The summed E-state index contributed by atoms with van der Waals surface area (Å²) < 4.78 is 9.13. The molecule has 0 bridgehead atoms. The molecule has 0 radical (unpaired) electrons. The first-order valence-electron chi connectivity index (χ1n) is 12.2. The van der Waals surface area contributed by atoms with Gasteiger partial charge in [-0.05, 0) is 68.3 Å². The van der Waals surface area contributed by atoms with E-state index in [4.69, 9.17) is 4.74 Å². The summed E-state index contributed by atoms with van der Waals surface area (Å²) in [6, 6.07) is 20.9. The Labute approximate surface area is 210 Å². The number of hydrogen-bond donors (Lipinski definition) is 1. The number of anilines is 1. The molecule has 2 aromatic carbocycles. The summed E-state index contributed by atoms with van der Waals surface area (Å²) in [5.41, 5.74) is 2.08. The fraction of sp³-hybridized carbons (Fsp3) is 0.250. The Morgan fingerprint density at radius 3 is 2.50 bits per heavy atom. The van der Waals surface area contributed by atoms with Crippen LogP contribution in [0.5, 0.6) is 5.75 Å². The largest absolute Gasteiger partial charge is 0.494 e. The number of rotatable bonds is 7. The molecule has 8 heteroatoms. The van der Waals surface area contributed by atoms with E-state index in [2.05, 4.69) is 10.4 Å². The summed E-state index contributed by atoms with van der Waals surface area (Å²) in [7, 11) is 0. The number of benzene rings is 2. The van der Waals surface area contributed by atoms with Crippen molar-refractivity contribution in [1.29, 1.82) is 0 Å². The SMILES string of the molecule is CCOc1ccc(NC(=O)C2CCCN(C(=O)c3cnn(-c4ccccc4)c3-n3cccc3)C2)cc1. The summed E-state index contributed by atoms with van der Waals surface area (Å²) in [5.74, 6) is 0.951. The zero-order chi connectivity index (χ0) is 24.9. The van der Waals surface area contributed by atoms with Gasteiger partial charge in [-0.15, -0.1) is 0 Å². The van der Waals surface area contributed by atoms with Gasteiger partial charge in [0, 0.05) is 31.2 Å². The first kappa shape index (κ1) is 23.4. The minimum absolute atomic E-state index is 0.0812. The molecule has 0 spiro atoms. The summed E-state index contributed by atoms with van der Waals surface area (Å²) in [6.07, 6.45) is 6.92. The molecule has 1 aliphatic heterocycles. The van der Waals surface area contributed by atoms with E-state index in [1.54, 1.807) is 15.8 Å². The standard InChI is InChI=1S/C28H29N5O3/c1-2-36-24-14-12-22(13-15-24)30-26(34)21-9-8-18-32(20-21)28(35)25-19-29-33(23-10-4-3-5-11-23)27(25)31-16-6-7-17-31/h3-7,10-17,19,21H,2,8-9,18,20H2,1H3,(H,30,34). The Kier molecular flexibility index (Phi) is 6.84. The van der Waals surface area contributed by atoms with Crippen molar-refractivity contribution in [3.05, 3.63) is 90.9 Å². The molecule has 0 saturated carbocycles. The van der Waals surface area contributed by atoms with Crippen LogP contribution >= 0.6 is 0 Å². The molecule has 5 rings (SSSR count). The molecular formula is C28H29N5O3. The number of aromatic nitrogens is 3. The molecule has 2 aromatic heterocycles. The number of carbonyl (C=O) groups is 2. The zero-order valence-electron chi connectivity index (χ0n) is 20.2. The Morgan fingerprint density at radius 1 is 1.03 bits per heavy atom. The quantitative estimate of drug-likeness (QED) is 0.418. The topological polar surface area (TPSA) is 81.4 Å². The first-order chi connectivity index (χ1) is 17.6. The molecule has 4 aromatic rings. The second kappa shape index (κ2) is 10.5. The van der Waals surface area contributed by atoms with Crippen LogP contribution in [0.2, 0.25) is 0 Å². The second-order valence-corrected chi connectivity index (χ2v) is 8.76. The molecule has 1 fully saturated rings. The van der Waals surface area contributed by atoms with Gasteiger partial charge in [0.2, 0.25) is 5.91 Å². The van der Waals surface area contributed by atoms with E-state index in [0.29, 0.717) is 36.8 Å². The third kappa shape index (κ3) is 4.88. The van der Waals surface area contributed by atoms with E-state index in [9.17, 15) is 9.59 Å². The van der Waals surface area contributed by atoms with Crippen LogP contribution in [0.15, 0.2) is 85.3 Å². The van der Waals surface area contributed by atoms with Crippen molar-refractivity contribution < 1.29 is 14.3 Å². The molecule has 1 atom stereocenters. The monoisotopic (exact) mass is 483 g/mol. The van der Waals surface area contributed by atoms with Crippen LogP contribution in [0.3, 0.4) is 0 Å². The average Bonchev–Trinajstić information content (AvgIpc) is 3.60. The lowest BCUT2D eigenvalue weighted by Crippen LogP contribution is -2.44. The summed E-state index contributed by atoms with van der Waals surface area (Å²) in [5, 5.41) is 7.53. The number of amides is 2. The number of piperidine rings is 1. The van der Waals surface area contributed by atoms with E-state index >= 15 is 0 Å². The molecule has 1 unspecified atom stereocenters. The predicted molar refractivity (Wildman–Crippen MR) is 138 cm³/mol. The Balaban J connectivity index is 1.34. The number of carbonyl (C=O) groups excluding carboxylic acids is 2. The van der Waals surface area contributed by atoms with Gasteiger partial charge in [-0.25, -0.2) is 4.68 Å². The fourth-order valence-corrected chi connectivity index (χ4v) is 4.57. The van der Waals surface area contributed by atoms with Crippen molar-refractivity contribution in [2.75, 3.05) is 25.0 Å². The van der Waals surface area contributed by atoms with Crippen LogP contribution in [0.1, 0.15) is 30.1 Å². The molecule has 1 saturated heterocycles. The van der Waals surface area contributed by atoms with E-state index in [1.807, 2.05) is 90.6 Å². The van der Waals surface area contributed by atoms with Crippen molar-refractivity contribution in [3.63, 3.8) is 0 Å². The lowest BCUT2D eigenvalue weighted by atomic mass is 9.96. The van der Waals surface area contributed by atoms with Crippen LogP contribution in [-0.4, -0.2) is 50.8 Å². The van der Waals surface area contributed by atoms with Gasteiger partial charge in [0.15, 0.2) is 5.82 Å². The normalized spacial score (nSPS) is 15.5. The van der Waals surface area contributed by atoms with Gasteiger partial charge in [0.05, 0.1) is 24.4 Å². The molecule has 0 aliphatic carbocycles. The minimum atomic E-state index is -0.284. The molecule has 1 N–H and O–H groups in total. The Morgan fingerprint density at radius 2 is 1.78 bits per heavy atom. The molecule has 1 aliphatic rings. The van der Waals surface area contributed by atoms with Crippen LogP contribution in [-0.2, 0) is 4.79 Å². The van der Waals surface area contributed by atoms with Crippen molar-refractivity contribution in [2.24, 2.45) is 5.92 Å².